The molecule has 0 aliphatic rings. The van der Waals surface area contributed by atoms with Gasteiger partial charge in [-0.15, -0.1) is 0 Å². The fraction of sp³-hybridized carbons (Fsp3) is 0.303. The Morgan fingerprint density at radius 1 is 0.681 bits per heavy atom. The van der Waals surface area contributed by atoms with Gasteiger partial charge in [0.05, 0.1) is 19.0 Å². The number of aliphatic carboxylic acids is 2. The molecule has 0 saturated carbocycles. The zero-order chi connectivity index (χ0) is 34.7. The first kappa shape index (κ1) is 37.8. The molecule has 1 unspecified atom stereocenters. The van der Waals surface area contributed by atoms with Gasteiger partial charge in [0.25, 0.3) is 0 Å². The number of alkyl halides is 3. The van der Waals surface area contributed by atoms with Crippen LogP contribution in [0.2, 0.25) is 0 Å². The van der Waals surface area contributed by atoms with Crippen LogP contribution < -0.4 is 21.3 Å². The third-order valence-corrected chi connectivity index (χ3v) is 6.48. The number of halogens is 3. The number of carboxylic acids is 2. The first-order valence-electron chi connectivity index (χ1n) is 14.6. The Hall–Kier alpha value is -5.40. The second-order valence-corrected chi connectivity index (χ2v) is 10.2. The lowest BCUT2D eigenvalue weighted by molar-refractivity contribution is -0.192. The first-order chi connectivity index (χ1) is 22.3. The van der Waals surface area contributed by atoms with Crippen LogP contribution in [0.15, 0.2) is 84.9 Å². The first-order valence-corrected chi connectivity index (χ1v) is 14.6. The Morgan fingerprint density at radius 2 is 1.23 bits per heavy atom. The van der Waals surface area contributed by atoms with Crippen LogP contribution in [0.5, 0.6) is 0 Å². The lowest BCUT2D eigenvalue weighted by Crippen LogP contribution is -2.39. The quantitative estimate of drug-likeness (QED) is 0.131. The summed E-state index contributed by atoms with van der Waals surface area (Å²) in [6.45, 7) is 0.719. The van der Waals surface area contributed by atoms with E-state index in [0.29, 0.717) is 31.5 Å². The molecule has 0 radical (unpaired) electrons. The molecule has 0 aliphatic heterocycles. The summed E-state index contributed by atoms with van der Waals surface area (Å²) in [5.41, 5.74) is 3.83. The van der Waals surface area contributed by atoms with Gasteiger partial charge in [-0.2, -0.15) is 13.2 Å². The second-order valence-electron chi connectivity index (χ2n) is 10.2. The van der Waals surface area contributed by atoms with Crippen LogP contribution in [-0.4, -0.2) is 65.8 Å². The molecule has 0 aliphatic carbocycles. The normalized spacial score (nSPS) is 11.2. The average molecular weight is 659 g/mol. The molecular weight excluding hydrogens is 621 g/mol. The fourth-order valence-corrected chi connectivity index (χ4v) is 4.12. The van der Waals surface area contributed by atoms with Gasteiger partial charge < -0.3 is 31.5 Å². The number of rotatable bonds is 15. The molecule has 3 aromatic carbocycles. The molecule has 0 aromatic heterocycles. The molecule has 0 heterocycles. The standard InChI is InChI=1S/C31H36N4O5.C2HF3O2/c36-28(13-7-8-19-32-31(40)33-20-18-23-9-3-1-4-10-23)34-22-29(37)35-27(21-30(38)39)26-16-14-25(15-17-26)24-11-5-2-6-12-24;3-2(4,5)1(6)7/h1-6,9-12,14-17,27H,7-8,13,18-22H2,(H,34,36)(H,35,37)(H,38,39)(H2,32,33,40);(H,6,7). The molecule has 0 spiro atoms. The summed E-state index contributed by atoms with van der Waals surface area (Å²) in [5, 5.41) is 27.3. The number of nitrogens with one attached hydrogen (secondary N) is 4. The van der Waals surface area contributed by atoms with Crippen LogP contribution in [-0.2, 0) is 25.6 Å². The van der Waals surface area contributed by atoms with E-state index in [1.165, 1.54) is 0 Å². The second kappa shape index (κ2) is 19.9. The van der Waals surface area contributed by atoms with Crippen molar-refractivity contribution >= 4 is 29.8 Å². The van der Waals surface area contributed by atoms with Crippen molar-refractivity contribution in [3.8, 4) is 11.1 Å². The van der Waals surface area contributed by atoms with Crippen LogP contribution >= 0.6 is 0 Å². The van der Waals surface area contributed by atoms with E-state index in [-0.39, 0.29) is 31.3 Å². The number of carboxylic acid groups (broad SMARTS) is 2. The number of carbonyl (C=O) groups excluding carboxylic acids is 3. The fourth-order valence-electron chi connectivity index (χ4n) is 4.12. The van der Waals surface area contributed by atoms with Crippen molar-refractivity contribution in [2.24, 2.45) is 0 Å². The van der Waals surface area contributed by atoms with Gasteiger partial charge >= 0.3 is 24.1 Å². The highest BCUT2D eigenvalue weighted by molar-refractivity contribution is 5.85. The Morgan fingerprint density at radius 3 is 1.81 bits per heavy atom. The number of amides is 4. The predicted molar refractivity (Wildman–Crippen MR) is 167 cm³/mol. The van der Waals surface area contributed by atoms with E-state index in [0.717, 1.165) is 23.1 Å². The summed E-state index contributed by atoms with van der Waals surface area (Å²) in [7, 11) is 0. The van der Waals surface area contributed by atoms with Gasteiger partial charge in [-0.05, 0) is 41.5 Å². The van der Waals surface area contributed by atoms with Crippen molar-refractivity contribution < 1.29 is 47.4 Å². The highest BCUT2D eigenvalue weighted by Crippen LogP contribution is 2.23. The molecule has 0 bridgehead atoms. The molecule has 3 rings (SSSR count). The lowest BCUT2D eigenvalue weighted by Gasteiger charge is -2.18. The Balaban J connectivity index is 0.000000984. The zero-order valence-electron chi connectivity index (χ0n) is 25.4. The third kappa shape index (κ3) is 15.9. The minimum Gasteiger partial charge on any atom is -0.481 e. The van der Waals surface area contributed by atoms with Crippen LogP contribution in [0.25, 0.3) is 11.1 Å². The summed E-state index contributed by atoms with van der Waals surface area (Å²) >= 11 is 0. The van der Waals surface area contributed by atoms with Gasteiger partial charge in [0, 0.05) is 19.5 Å². The van der Waals surface area contributed by atoms with Gasteiger partial charge in [0.2, 0.25) is 11.8 Å². The van der Waals surface area contributed by atoms with Gasteiger partial charge in [-0.3, -0.25) is 14.4 Å². The van der Waals surface area contributed by atoms with E-state index in [2.05, 4.69) is 21.3 Å². The van der Waals surface area contributed by atoms with E-state index in [1.807, 2.05) is 72.8 Å². The maximum Gasteiger partial charge on any atom is 0.490 e. The predicted octanol–water partition coefficient (Wildman–Crippen LogP) is 4.45. The number of hydrogen-bond acceptors (Lipinski definition) is 5. The van der Waals surface area contributed by atoms with Crippen molar-refractivity contribution in [3.05, 3.63) is 96.1 Å². The van der Waals surface area contributed by atoms with Gasteiger partial charge in [-0.25, -0.2) is 9.59 Å². The third-order valence-electron chi connectivity index (χ3n) is 6.48. The van der Waals surface area contributed by atoms with E-state index in [9.17, 15) is 37.5 Å². The summed E-state index contributed by atoms with van der Waals surface area (Å²) in [6.07, 6.45) is -3.24. The maximum absolute atomic E-state index is 12.5. The number of hydrogen-bond donors (Lipinski definition) is 6. The van der Waals surface area contributed by atoms with Crippen LogP contribution in [0, 0.1) is 0 Å². The van der Waals surface area contributed by atoms with Gasteiger partial charge in [-0.1, -0.05) is 84.9 Å². The van der Waals surface area contributed by atoms with Crippen molar-refractivity contribution in [2.75, 3.05) is 19.6 Å². The summed E-state index contributed by atoms with van der Waals surface area (Å²) in [6, 6.07) is 26.1. The van der Waals surface area contributed by atoms with Gasteiger partial charge in [0.15, 0.2) is 0 Å². The highest BCUT2D eigenvalue weighted by atomic mass is 19.4. The topological polar surface area (TPSA) is 174 Å². The van der Waals surface area contributed by atoms with Crippen molar-refractivity contribution in [2.45, 2.75) is 44.3 Å². The molecule has 0 saturated heterocycles. The van der Waals surface area contributed by atoms with E-state index < -0.39 is 30.1 Å². The molecule has 11 nitrogen and oxygen atoms in total. The smallest absolute Gasteiger partial charge is 0.481 e. The van der Waals surface area contributed by atoms with Crippen LogP contribution in [0.3, 0.4) is 0 Å². The van der Waals surface area contributed by atoms with Crippen LogP contribution in [0.4, 0.5) is 18.0 Å². The summed E-state index contributed by atoms with van der Waals surface area (Å²) < 4.78 is 31.7. The Labute approximate surface area is 269 Å². The maximum atomic E-state index is 12.5. The minimum atomic E-state index is -5.08. The minimum absolute atomic E-state index is 0.212. The highest BCUT2D eigenvalue weighted by Gasteiger charge is 2.38. The molecule has 14 heteroatoms. The Bertz CT molecular complexity index is 1440. The van der Waals surface area contributed by atoms with Gasteiger partial charge in [0.1, 0.15) is 0 Å². The number of carbonyl (C=O) groups is 5. The molecule has 6 N–H and O–H groups in total. The molecular formula is C33H37F3N4O7. The monoisotopic (exact) mass is 658 g/mol. The number of unbranched alkanes of at least 4 members (excludes halogenated alkanes) is 1. The molecule has 252 valence electrons. The Kier molecular flexibility index (Phi) is 16.0. The number of benzene rings is 3. The van der Waals surface area contributed by atoms with Crippen molar-refractivity contribution in [3.63, 3.8) is 0 Å². The largest absolute Gasteiger partial charge is 0.490 e. The van der Waals surface area contributed by atoms with Crippen molar-refractivity contribution in [1.82, 2.24) is 21.3 Å². The molecule has 4 amide bonds. The average Bonchev–Trinajstić information content (AvgIpc) is 3.04. The summed E-state index contributed by atoms with van der Waals surface area (Å²) in [5.74, 6) is -4.56. The SMILES string of the molecule is O=C(O)C(F)(F)F.O=C(O)CC(NC(=O)CNC(=O)CCCCNC(=O)NCCc1ccccc1)c1ccc(-c2ccccc2)cc1. The molecule has 47 heavy (non-hydrogen) atoms. The summed E-state index contributed by atoms with van der Waals surface area (Å²) in [4.78, 5) is 56.7. The van der Waals surface area contributed by atoms with E-state index in [1.54, 1.807) is 12.1 Å². The molecule has 0 fully saturated rings. The lowest BCUT2D eigenvalue weighted by atomic mass is 9.99. The van der Waals surface area contributed by atoms with Crippen LogP contribution in [0.1, 0.15) is 42.9 Å². The van der Waals surface area contributed by atoms with E-state index in [4.69, 9.17) is 9.90 Å². The number of urea groups is 1. The van der Waals surface area contributed by atoms with E-state index >= 15 is 0 Å². The molecule has 3 aromatic rings. The van der Waals surface area contributed by atoms with Crippen molar-refractivity contribution in [1.29, 1.82) is 0 Å². The zero-order valence-corrected chi connectivity index (χ0v) is 25.4. The molecule has 1 atom stereocenters.